The van der Waals surface area contributed by atoms with Crippen LogP contribution >= 0.6 is 35.1 Å². The Labute approximate surface area is 191 Å². The van der Waals surface area contributed by atoms with E-state index in [9.17, 15) is 38.2 Å². The van der Waals surface area contributed by atoms with E-state index in [0.29, 0.717) is 4.57 Å². The number of aromatic amines is 1. The van der Waals surface area contributed by atoms with Gasteiger partial charge in [0.2, 0.25) is 0 Å². The van der Waals surface area contributed by atoms with Gasteiger partial charge in [-0.3, -0.25) is 18.9 Å². The first-order chi connectivity index (χ1) is 15.6. The molecule has 21 heteroatoms. The first kappa shape index (κ1) is 24.9. The minimum Gasteiger partial charge on any atom is -0.387 e. The summed E-state index contributed by atoms with van der Waals surface area (Å²) < 4.78 is 67.1. The number of aliphatic hydroxyl groups excluding tert-OH is 1. The second-order valence-electron chi connectivity index (χ2n) is 6.26. The standard InChI is InChI=1S/C12H17ClN3O14P3/c1-6-4-8(17)15-11(19)16(6)10-12(14,2-3-13)9(18)7(28-10)5-27-32(23,24)30-33(25,26)29-31(20,21)22/h4,7,9-10,18H,5,14H2,1H3,(H,23,24)(H,25,26)(H,15,17,19)(H2,20,21,22)/t7-,9+,10-,12?/m1/s1/i5D2. The molecule has 2 heterocycles. The lowest BCUT2D eigenvalue weighted by Crippen LogP contribution is -2.55. The van der Waals surface area contributed by atoms with Crippen LogP contribution in [0.15, 0.2) is 15.7 Å². The lowest BCUT2D eigenvalue weighted by atomic mass is 9.92. The molecule has 17 nitrogen and oxygen atoms in total. The van der Waals surface area contributed by atoms with Gasteiger partial charge in [-0.1, -0.05) is 5.92 Å². The summed E-state index contributed by atoms with van der Waals surface area (Å²) in [6, 6.07) is 0.916. The molecule has 1 saturated heterocycles. The molecule has 2 rings (SSSR count). The number of hydrogen-bond donors (Lipinski definition) is 7. The Hall–Kier alpha value is -1.18. The number of rotatable bonds is 8. The van der Waals surface area contributed by atoms with Crippen LogP contribution in [-0.4, -0.2) is 58.5 Å². The Morgan fingerprint density at radius 2 is 1.91 bits per heavy atom. The van der Waals surface area contributed by atoms with E-state index in [1.165, 1.54) is 6.92 Å². The third-order valence-corrected chi connectivity index (χ3v) is 7.59. The second-order valence-corrected chi connectivity index (χ2v) is 10.8. The van der Waals surface area contributed by atoms with E-state index in [0.717, 1.165) is 6.07 Å². The van der Waals surface area contributed by atoms with Gasteiger partial charge in [-0.25, -0.2) is 18.5 Å². The Balaban J connectivity index is 2.46. The molecule has 1 aliphatic heterocycles. The van der Waals surface area contributed by atoms with Gasteiger partial charge in [0.15, 0.2) is 11.8 Å². The zero-order valence-electron chi connectivity index (χ0n) is 18.0. The van der Waals surface area contributed by atoms with Crippen molar-refractivity contribution in [1.82, 2.24) is 9.55 Å². The van der Waals surface area contributed by atoms with Crippen molar-refractivity contribution in [3.05, 3.63) is 32.6 Å². The van der Waals surface area contributed by atoms with Crippen LogP contribution in [0.2, 0.25) is 0 Å². The van der Waals surface area contributed by atoms with Crippen molar-refractivity contribution in [2.45, 2.75) is 30.9 Å². The maximum absolute atomic E-state index is 12.3. The Morgan fingerprint density at radius 3 is 2.42 bits per heavy atom. The zero-order chi connectivity index (χ0) is 27.2. The van der Waals surface area contributed by atoms with Crippen LogP contribution in [0.4, 0.5) is 0 Å². The topological polar surface area (TPSA) is 270 Å². The van der Waals surface area contributed by atoms with Gasteiger partial charge in [-0.15, -0.1) is 0 Å². The molecule has 6 atom stereocenters. The molecule has 0 bridgehead atoms. The first-order valence-corrected chi connectivity index (χ1v) is 13.0. The summed E-state index contributed by atoms with van der Waals surface area (Å²) in [6.45, 7) is -2.39. The lowest BCUT2D eigenvalue weighted by Gasteiger charge is -2.28. The van der Waals surface area contributed by atoms with E-state index in [-0.39, 0.29) is 5.69 Å². The van der Waals surface area contributed by atoms with Gasteiger partial charge in [0.05, 0.1) is 9.30 Å². The number of H-pyrrole nitrogens is 1. The molecule has 0 saturated carbocycles. The van der Waals surface area contributed by atoms with Crippen molar-refractivity contribution in [3.8, 4) is 11.3 Å². The molecule has 0 radical (unpaired) electrons. The number of phosphoric ester groups is 1. The third-order valence-electron chi connectivity index (χ3n) is 3.83. The summed E-state index contributed by atoms with van der Waals surface area (Å²) in [6.07, 6.45) is -6.57. The molecule has 1 aliphatic rings. The number of hydrogen-bond acceptors (Lipinski definition) is 11. The summed E-state index contributed by atoms with van der Waals surface area (Å²) >= 11 is 5.37. The Kier molecular flexibility index (Phi) is 7.42. The van der Waals surface area contributed by atoms with Gasteiger partial charge in [-0.2, -0.15) is 8.62 Å². The number of nitrogens with one attached hydrogen (secondary N) is 1. The number of phosphoric acid groups is 3. The van der Waals surface area contributed by atoms with Crippen molar-refractivity contribution in [1.29, 1.82) is 0 Å². The van der Waals surface area contributed by atoms with Gasteiger partial charge >= 0.3 is 29.2 Å². The minimum atomic E-state index is -6.04. The van der Waals surface area contributed by atoms with Crippen molar-refractivity contribution >= 4 is 35.1 Å². The highest BCUT2D eigenvalue weighted by Gasteiger charge is 2.55. The summed E-state index contributed by atoms with van der Waals surface area (Å²) in [7, 11) is -17.8. The monoisotopic (exact) mass is 557 g/mol. The van der Waals surface area contributed by atoms with E-state index in [1.807, 2.05) is 10.4 Å². The molecular formula is C12H17ClN3O14P3. The molecule has 3 unspecified atom stereocenters. The van der Waals surface area contributed by atoms with Crippen LogP contribution in [0.25, 0.3) is 0 Å². The average Bonchev–Trinajstić information content (AvgIpc) is 2.83. The first-order valence-electron chi connectivity index (χ1n) is 9.06. The van der Waals surface area contributed by atoms with Crippen LogP contribution in [0.3, 0.4) is 0 Å². The van der Waals surface area contributed by atoms with Crippen molar-refractivity contribution in [3.63, 3.8) is 0 Å². The molecule has 0 spiro atoms. The van der Waals surface area contributed by atoms with Crippen LogP contribution in [-0.2, 0) is 31.6 Å². The van der Waals surface area contributed by atoms with Gasteiger partial charge < -0.3 is 35.2 Å². The molecule has 0 aliphatic carbocycles. The van der Waals surface area contributed by atoms with E-state index < -0.39 is 65.3 Å². The molecule has 1 aromatic rings. The van der Waals surface area contributed by atoms with Crippen molar-refractivity contribution < 1.29 is 59.0 Å². The summed E-state index contributed by atoms with van der Waals surface area (Å²) in [5, 5.41) is 12.5. The Morgan fingerprint density at radius 1 is 1.30 bits per heavy atom. The average molecular weight is 558 g/mol. The summed E-state index contributed by atoms with van der Waals surface area (Å²) in [5.74, 6) is 2.11. The number of aryl methyl sites for hydroxylation is 1. The number of nitrogens with two attached hydrogens (primary N) is 1. The van der Waals surface area contributed by atoms with Crippen LogP contribution < -0.4 is 17.0 Å². The quantitative estimate of drug-likeness (QED) is 0.139. The zero-order valence-corrected chi connectivity index (χ0v) is 19.4. The number of ether oxygens (including phenoxy) is 1. The summed E-state index contributed by atoms with van der Waals surface area (Å²) in [5.41, 5.74) is 1.56. The van der Waals surface area contributed by atoms with E-state index in [4.69, 9.17) is 34.6 Å². The highest BCUT2D eigenvalue weighted by Crippen LogP contribution is 2.66. The van der Waals surface area contributed by atoms with Gasteiger partial charge in [-0.05, 0) is 18.5 Å². The lowest BCUT2D eigenvalue weighted by molar-refractivity contribution is -0.0475. The van der Waals surface area contributed by atoms with Gasteiger partial charge in [0, 0.05) is 17.1 Å². The molecule has 8 N–H and O–H groups in total. The molecule has 0 amide bonds. The predicted octanol–water partition coefficient (Wildman–Crippen LogP) is -1.66. The largest absolute Gasteiger partial charge is 0.490 e. The SMILES string of the molecule is [2H]C([2H])(OP(=O)(O)OP(=O)(O)OP(=O)(O)O)[C@H]1O[C@@H](n2c(C)cc(=O)[nH]c2=O)C(N)(C#CCl)[C@H]1O. The minimum absolute atomic E-state index is 0.101. The highest BCUT2D eigenvalue weighted by atomic mass is 35.5. The van der Waals surface area contributed by atoms with Crippen LogP contribution in [0.5, 0.6) is 0 Å². The molecule has 33 heavy (non-hydrogen) atoms. The normalized spacial score (nSPS) is 30.4. The maximum Gasteiger partial charge on any atom is 0.490 e. The fourth-order valence-electron chi connectivity index (χ4n) is 2.63. The van der Waals surface area contributed by atoms with Crippen LogP contribution in [0.1, 0.15) is 14.7 Å². The molecule has 0 aromatic carbocycles. The molecule has 1 aromatic heterocycles. The maximum atomic E-state index is 12.3. The number of aliphatic hydroxyl groups is 1. The molecule has 1 fully saturated rings. The number of halogens is 1. The van der Waals surface area contributed by atoms with Gasteiger partial charge in [0.1, 0.15) is 12.2 Å². The summed E-state index contributed by atoms with van der Waals surface area (Å²) in [4.78, 5) is 61.7. The van der Waals surface area contributed by atoms with E-state index in [1.54, 1.807) is 0 Å². The second kappa shape index (κ2) is 9.82. The fourth-order valence-corrected chi connectivity index (χ4v) is 5.67. The van der Waals surface area contributed by atoms with E-state index >= 15 is 0 Å². The van der Waals surface area contributed by atoms with Crippen LogP contribution in [0, 0.1) is 18.2 Å². The smallest absolute Gasteiger partial charge is 0.387 e. The fraction of sp³-hybridized carbons (Fsp3) is 0.500. The van der Waals surface area contributed by atoms with Gasteiger partial charge in [0.25, 0.3) is 5.56 Å². The highest BCUT2D eigenvalue weighted by molar-refractivity contribution is 7.66. The number of nitrogens with zero attached hydrogens (tertiary/aromatic N) is 1. The Bertz CT molecular complexity index is 1320. The molecular weight excluding hydrogens is 539 g/mol. The number of aromatic nitrogens is 2. The third kappa shape index (κ3) is 6.92. The van der Waals surface area contributed by atoms with Crippen molar-refractivity contribution in [2.24, 2.45) is 5.73 Å². The van der Waals surface area contributed by atoms with Crippen molar-refractivity contribution in [2.75, 3.05) is 6.56 Å². The molecule has 186 valence electrons. The predicted molar refractivity (Wildman–Crippen MR) is 106 cm³/mol. The van der Waals surface area contributed by atoms with E-state index in [2.05, 4.69) is 19.1 Å².